The van der Waals surface area contributed by atoms with Gasteiger partial charge in [-0.05, 0) is 56.3 Å². The molecule has 3 aromatic rings. The van der Waals surface area contributed by atoms with E-state index in [4.69, 9.17) is 5.73 Å². The van der Waals surface area contributed by atoms with E-state index in [1.54, 1.807) is 16.8 Å². The fourth-order valence-corrected chi connectivity index (χ4v) is 3.35. The van der Waals surface area contributed by atoms with Crippen molar-refractivity contribution in [3.63, 3.8) is 0 Å². The predicted octanol–water partition coefficient (Wildman–Crippen LogP) is 2.08. The Balaban J connectivity index is 1.51. The number of pyridine rings is 1. The van der Waals surface area contributed by atoms with Gasteiger partial charge in [0.2, 0.25) is 5.91 Å². The summed E-state index contributed by atoms with van der Waals surface area (Å²) in [7, 11) is 0. The van der Waals surface area contributed by atoms with Crippen LogP contribution in [0, 0.1) is 19.7 Å². The van der Waals surface area contributed by atoms with Crippen molar-refractivity contribution in [3.8, 4) is 5.82 Å². The lowest BCUT2D eigenvalue weighted by Gasteiger charge is -2.20. The Morgan fingerprint density at radius 2 is 1.90 bits per heavy atom. The minimum absolute atomic E-state index is 0.0375. The summed E-state index contributed by atoms with van der Waals surface area (Å²) < 4.78 is 14.9. The van der Waals surface area contributed by atoms with Gasteiger partial charge in [0.05, 0.1) is 23.3 Å². The van der Waals surface area contributed by atoms with E-state index in [0.717, 1.165) is 11.4 Å². The first-order valence-electron chi connectivity index (χ1n) is 9.54. The van der Waals surface area contributed by atoms with Crippen LogP contribution in [0.3, 0.4) is 0 Å². The molecular formula is C21H20FN7O2. The summed E-state index contributed by atoms with van der Waals surface area (Å²) in [4.78, 5) is 28.9. The van der Waals surface area contributed by atoms with Gasteiger partial charge in [0.1, 0.15) is 17.6 Å². The number of carbonyl (C=O) groups excluding carboxylic acids is 2. The number of aromatic nitrogens is 3. The number of primary amides is 1. The molecule has 0 saturated heterocycles. The van der Waals surface area contributed by atoms with Gasteiger partial charge >= 0.3 is 0 Å². The Morgan fingerprint density at radius 3 is 2.48 bits per heavy atom. The normalized spacial score (nSPS) is 15.6. The van der Waals surface area contributed by atoms with Crippen LogP contribution in [0.5, 0.6) is 0 Å². The van der Waals surface area contributed by atoms with Crippen LogP contribution in [0.25, 0.3) is 5.82 Å². The Morgan fingerprint density at radius 1 is 1.16 bits per heavy atom. The molecule has 0 radical (unpaired) electrons. The van der Waals surface area contributed by atoms with E-state index in [2.05, 4.69) is 20.5 Å². The molecule has 9 nitrogen and oxygen atoms in total. The zero-order chi connectivity index (χ0) is 22.1. The number of aryl methyl sites for hydroxylation is 2. The Labute approximate surface area is 177 Å². The average Bonchev–Trinajstić information content (AvgIpc) is 3.33. The molecule has 0 bridgehead atoms. The van der Waals surface area contributed by atoms with E-state index in [-0.39, 0.29) is 12.1 Å². The number of nitrogens with one attached hydrogen (secondary N) is 1. The predicted molar refractivity (Wildman–Crippen MR) is 113 cm³/mol. The van der Waals surface area contributed by atoms with Gasteiger partial charge in [-0.25, -0.2) is 14.1 Å². The molecule has 1 aromatic carbocycles. The highest BCUT2D eigenvalue weighted by Gasteiger charge is 2.35. The molecule has 4 rings (SSSR count). The standard InChI is InChI=1S/C21H20FN7O2/c1-12-9-13(2)28(26-12)19-8-5-15(11-24-19)25-21(31)17-10-18(20(23)30)29(27-17)16-6-3-14(22)4-7-16/h3-9,11,18H,10H2,1-2H3,(H2,23,30)(H,25,31)/t18-/m0/s1. The number of hydrogen-bond donors (Lipinski definition) is 2. The van der Waals surface area contributed by atoms with Gasteiger partial charge in [-0.3, -0.25) is 14.6 Å². The topological polar surface area (TPSA) is 118 Å². The van der Waals surface area contributed by atoms with Crippen molar-refractivity contribution in [1.82, 2.24) is 14.8 Å². The Hall–Kier alpha value is -4.08. The fourth-order valence-electron chi connectivity index (χ4n) is 3.35. The van der Waals surface area contributed by atoms with Crippen LogP contribution in [0.15, 0.2) is 53.8 Å². The molecule has 158 valence electrons. The number of anilines is 2. The summed E-state index contributed by atoms with van der Waals surface area (Å²) in [6, 6.07) is 9.98. The number of amides is 2. The number of hydrogen-bond acceptors (Lipinski definition) is 6. The van der Waals surface area contributed by atoms with Crippen molar-refractivity contribution in [2.24, 2.45) is 10.8 Å². The molecule has 1 aliphatic heterocycles. The zero-order valence-electron chi connectivity index (χ0n) is 16.9. The Kier molecular flexibility index (Phi) is 5.20. The molecule has 10 heteroatoms. The minimum atomic E-state index is -0.835. The van der Waals surface area contributed by atoms with E-state index >= 15 is 0 Å². The van der Waals surface area contributed by atoms with Crippen LogP contribution in [0.4, 0.5) is 15.8 Å². The second-order valence-corrected chi connectivity index (χ2v) is 7.19. The van der Waals surface area contributed by atoms with Crippen LogP contribution in [0.2, 0.25) is 0 Å². The summed E-state index contributed by atoms with van der Waals surface area (Å²) >= 11 is 0. The number of hydrazone groups is 1. The van der Waals surface area contributed by atoms with Gasteiger partial charge in [-0.2, -0.15) is 10.2 Å². The second kappa shape index (κ2) is 7.98. The highest BCUT2D eigenvalue weighted by molar-refractivity contribution is 6.44. The molecule has 1 aliphatic rings. The monoisotopic (exact) mass is 421 g/mol. The maximum atomic E-state index is 13.2. The van der Waals surface area contributed by atoms with Crippen molar-refractivity contribution in [2.75, 3.05) is 10.3 Å². The molecule has 2 aromatic heterocycles. The molecule has 0 saturated carbocycles. The molecule has 0 aliphatic carbocycles. The maximum Gasteiger partial charge on any atom is 0.272 e. The number of nitrogens with zero attached hydrogens (tertiary/aromatic N) is 5. The lowest BCUT2D eigenvalue weighted by atomic mass is 10.1. The van der Waals surface area contributed by atoms with Gasteiger partial charge in [-0.1, -0.05) is 0 Å². The average molecular weight is 421 g/mol. The molecule has 0 fully saturated rings. The lowest BCUT2D eigenvalue weighted by molar-refractivity contribution is -0.119. The van der Waals surface area contributed by atoms with E-state index in [0.29, 0.717) is 17.2 Å². The SMILES string of the molecule is Cc1cc(C)n(-c2ccc(NC(=O)C3=NN(c4ccc(F)cc4)[C@H](C(N)=O)C3)cn2)n1. The molecule has 3 heterocycles. The first kappa shape index (κ1) is 20.2. The second-order valence-electron chi connectivity index (χ2n) is 7.19. The van der Waals surface area contributed by atoms with Crippen LogP contribution in [-0.2, 0) is 9.59 Å². The highest BCUT2D eigenvalue weighted by atomic mass is 19.1. The first-order valence-corrected chi connectivity index (χ1v) is 9.54. The molecule has 3 N–H and O–H groups in total. The third-order valence-electron chi connectivity index (χ3n) is 4.82. The number of nitrogens with two attached hydrogens (primary N) is 1. The summed E-state index contributed by atoms with van der Waals surface area (Å²) in [5.74, 6) is -0.904. The zero-order valence-corrected chi connectivity index (χ0v) is 16.9. The summed E-state index contributed by atoms with van der Waals surface area (Å²) in [5.41, 5.74) is 8.37. The van der Waals surface area contributed by atoms with Crippen molar-refractivity contribution >= 4 is 28.9 Å². The minimum Gasteiger partial charge on any atom is -0.368 e. The lowest BCUT2D eigenvalue weighted by Crippen LogP contribution is -2.39. The third kappa shape index (κ3) is 4.13. The van der Waals surface area contributed by atoms with Crippen molar-refractivity contribution in [1.29, 1.82) is 0 Å². The molecule has 0 spiro atoms. The molecule has 2 amide bonds. The van der Waals surface area contributed by atoms with Crippen LogP contribution >= 0.6 is 0 Å². The fraction of sp³-hybridized carbons (Fsp3) is 0.190. The van der Waals surface area contributed by atoms with Gasteiger partial charge in [0.25, 0.3) is 5.91 Å². The number of halogens is 1. The Bertz CT molecular complexity index is 1170. The first-order chi connectivity index (χ1) is 14.8. The van der Waals surface area contributed by atoms with Gasteiger partial charge in [0, 0.05) is 12.1 Å². The van der Waals surface area contributed by atoms with Crippen molar-refractivity contribution in [3.05, 3.63) is 65.9 Å². The number of benzene rings is 1. The van der Waals surface area contributed by atoms with E-state index in [1.807, 2.05) is 19.9 Å². The van der Waals surface area contributed by atoms with E-state index in [1.165, 1.54) is 35.5 Å². The van der Waals surface area contributed by atoms with Crippen LogP contribution in [0.1, 0.15) is 17.8 Å². The molecule has 1 atom stereocenters. The van der Waals surface area contributed by atoms with Crippen molar-refractivity contribution in [2.45, 2.75) is 26.3 Å². The van der Waals surface area contributed by atoms with Crippen molar-refractivity contribution < 1.29 is 14.0 Å². The number of carbonyl (C=O) groups is 2. The molecule has 31 heavy (non-hydrogen) atoms. The smallest absolute Gasteiger partial charge is 0.272 e. The number of rotatable bonds is 5. The molecule has 0 unspecified atom stereocenters. The van der Waals surface area contributed by atoms with Crippen LogP contribution < -0.4 is 16.1 Å². The van der Waals surface area contributed by atoms with Crippen LogP contribution in [-0.4, -0.2) is 38.3 Å². The molecular weight excluding hydrogens is 401 g/mol. The third-order valence-corrected chi connectivity index (χ3v) is 4.82. The van der Waals surface area contributed by atoms with E-state index in [9.17, 15) is 14.0 Å². The quantitative estimate of drug-likeness (QED) is 0.654. The van der Waals surface area contributed by atoms with Gasteiger partial charge < -0.3 is 11.1 Å². The van der Waals surface area contributed by atoms with Gasteiger partial charge in [-0.15, -0.1) is 0 Å². The summed E-state index contributed by atoms with van der Waals surface area (Å²) in [5, 5.41) is 12.7. The largest absolute Gasteiger partial charge is 0.368 e. The summed E-state index contributed by atoms with van der Waals surface area (Å²) in [6.07, 6.45) is 1.55. The maximum absolute atomic E-state index is 13.2. The van der Waals surface area contributed by atoms with E-state index < -0.39 is 23.7 Å². The summed E-state index contributed by atoms with van der Waals surface area (Å²) in [6.45, 7) is 3.83. The highest BCUT2D eigenvalue weighted by Crippen LogP contribution is 2.25. The van der Waals surface area contributed by atoms with Gasteiger partial charge in [0.15, 0.2) is 5.82 Å².